The van der Waals surface area contributed by atoms with Crippen LogP contribution >= 0.6 is 0 Å². The van der Waals surface area contributed by atoms with E-state index in [2.05, 4.69) is 33.0 Å². The first kappa shape index (κ1) is 12.0. The van der Waals surface area contributed by atoms with E-state index in [0.717, 1.165) is 12.0 Å². The molecule has 0 saturated heterocycles. The Bertz CT molecular complexity index is 153. The van der Waals surface area contributed by atoms with Gasteiger partial charge in [0.05, 0.1) is 0 Å². The summed E-state index contributed by atoms with van der Waals surface area (Å²) in [4.78, 5) is 0. The third kappa shape index (κ3) is 4.45. The molecule has 0 radical (unpaired) electrons. The van der Waals surface area contributed by atoms with Crippen LogP contribution in [0.1, 0.15) is 59.8 Å². The van der Waals surface area contributed by atoms with Gasteiger partial charge in [-0.25, -0.2) is 0 Å². The summed E-state index contributed by atoms with van der Waals surface area (Å²) in [5, 5.41) is 3.67. The Hall–Kier alpha value is -0.0400. The Morgan fingerprint density at radius 3 is 2.43 bits per heavy atom. The van der Waals surface area contributed by atoms with Crippen LogP contribution in [-0.2, 0) is 0 Å². The molecule has 1 unspecified atom stereocenters. The SMILES string of the molecule is CCC(C)(CCC(C)C)CNC1CC1. The Kier molecular flexibility index (Phi) is 4.43. The van der Waals surface area contributed by atoms with E-state index in [-0.39, 0.29) is 0 Å². The van der Waals surface area contributed by atoms with E-state index in [0.29, 0.717) is 5.41 Å². The van der Waals surface area contributed by atoms with Crippen LogP contribution in [0.5, 0.6) is 0 Å². The summed E-state index contributed by atoms with van der Waals surface area (Å²) < 4.78 is 0. The molecular weight excluding hydrogens is 170 g/mol. The number of rotatable bonds is 7. The highest BCUT2D eigenvalue weighted by Crippen LogP contribution is 2.30. The van der Waals surface area contributed by atoms with Gasteiger partial charge in [-0.15, -0.1) is 0 Å². The molecule has 14 heavy (non-hydrogen) atoms. The summed E-state index contributed by atoms with van der Waals surface area (Å²) in [5.41, 5.74) is 0.535. The van der Waals surface area contributed by atoms with Crippen molar-refractivity contribution in [3.05, 3.63) is 0 Å². The lowest BCUT2D eigenvalue weighted by Gasteiger charge is -2.29. The summed E-state index contributed by atoms with van der Waals surface area (Å²) in [6.07, 6.45) is 6.87. The van der Waals surface area contributed by atoms with Gasteiger partial charge >= 0.3 is 0 Å². The maximum Gasteiger partial charge on any atom is 0.00684 e. The summed E-state index contributed by atoms with van der Waals surface area (Å²) >= 11 is 0. The average Bonchev–Trinajstić information content (AvgIpc) is 2.95. The average molecular weight is 197 g/mol. The molecule has 0 aromatic carbocycles. The van der Waals surface area contributed by atoms with E-state index in [1.807, 2.05) is 0 Å². The quantitative estimate of drug-likeness (QED) is 0.657. The van der Waals surface area contributed by atoms with Crippen LogP contribution in [0.3, 0.4) is 0 Å². The predicted octanol–water partition coefficient (Wildman–Crippen LogP) is 3.59. The molecule has 1 aliphatic carbocycles. The van der Waals surface area contributed by atoms with Crippen LogP contribution in [0.2, 0.25) is 0 Å². The van der Waals surface area contributed by atoms with Crippen LogP contribution in [0.4, 0.5) is 0 Å². The zero-order valence-electron chi connectivity index (χ0n) is 10.4. The molecule has 84 valence electrons. The molecule has 1 heteroatoms. The van der Waals surface area contributed by atoms with Crippen LogP contribution in [0.25, 0.3) is 0 Å². The van der Waals surface area contributed by atoms with Gasteiger partial charge < -0.3 is 5.32 Å². The molecule has 0 aliphatic heterocycles. The third-order valence-corrected chi connectivity index (χ3v) is 3.57. The highest BCUT2D eigenvalue weighted by Gasteiger charge is 2.27. The minimum Gasteiger partial charge on any atom is -0.313 e. The molecule has 0 spiro atoms. The van der Waals surface area contributed by atoms with Gasteiger partial charge in [-0.2, -0.15) is 0 Å². The van der Waals surface area contributed by atoms with Gasteiger partial charge in [0.15, 0.2) is 0 Å². The maximum absolute atomic E-state index is 3.67. The van der Waals surface area contributed by atoms with Crippen molar-refractivity contribution in [3.63, 3.8) is 0 Å². The van der Waals surface area contributed by atoms with Crippen molar-refractivity contribution >= 4 is 0 Å². The number of nitrogens with one attached hydrogen (secondary N) is 1. The zero-order chi connectivity index (χ0) is 10.6. The normalized spacial score (nSPS) is 21.2. The van der Waals surface area contributed by atoms with Gasteiger partial charge in [-0.05, 0) is 37.0 Å². The fourth-order valence-electron chi connectivity index (χ4n) is 1.71. The van der Waals surface area contributed by atoms with E-state index in [9.17, 15) is 0 Å². The number of hydrogen-bond donors (Lipinski definition) is 1. The van der Waals surface area contributed by atoms with Crippen molar-refractivity contribution in [1.82, 2.24) is 5.32 Å². The van der Waals surface area contributed by atoms with Crippen LogP contribution in [0.15, 0.2) is 0 Å². The first-order chi connectivity index (χ1) is 6.56. The van der Waals surface area contributed by atoms with Crippen molar-refractivity contribution in [2.24, 2.45) is 11.3 Å². The second kappa shape index (κ2) is 5.16. The first-order valence-corrected chi connectivity index (χ1v) is 6.29. The van der Waals surface area contributed by atoms with Gasteiger partial charge in [0.1, 0.15) is 0 Å². The molecule has 1 N–H and O–H groups in total. The minimum atomic E-state index is 0.535. The Balaban J connectivity index is 2.22. The molecule has 1 fully saturated rings. The van der Waals surface area contributed by atoms with Crippen molar-refractivity contribution in [2.75, 3.05) is 6.54 Å². The van der Waals surface area contributed by atoms with E-state index in [1.165, 1.54) is 38.6 Å². The zero-order valence-corrected chi connectivity index (χ0v) is 10.4. The van der Waals surface area contributed by atoms with Crippen molar-refractivity contribution in [2.45, 2.75) is 65.8 Å². The molecular formula is C13H27N. The molecule has 0 amide bonds. The van der Waals surface area contributed by atoms with Gasteiger partial charge in [-0.3, -0.25) is 0 Å². The third-order valence-electron chi connectivity index (χ3n) is 3.57. The molecule has 1 saturated carbocycles. The second-order valence-corrected chi connectivity index (χ2v) is 5.75. The van der Waals surface area contributed by atoms with Crippen molar-refractivity contribution in [3.8, 4) is 0 Å². The largest absolute Gasteiger partial charge is 0.313 e. The summed E-state index contributed by atoms with van der Waals surface area (Å²) in [6.45, 7) is 10.6. The molecule has 0 bridgehead atoms. The predicted molar refractivity (Wildman–Crippen MR) is 63.5 cm³/mol. The molecule has 0 heterocycles. The highest BCUT2D eigenvalue weighted by atomic mass is 15.0. The molecule has 1 atom stereocenters. The van der Waals surface area contributed by atoms with Gasteiger partial charge in [0.25, 0.3) is 0 Å². The molecule has 0 aromatic rings. The Morgan fingerprint density at radius 2 is 2.00 bits per heavy atom. The monoisotopic (exact) mass is 197 g/mol. The smallest absolute Gasteiger partial charge is 0.00684 e. The fourth-order valence-corrected chi connectivity index (χ4v) is 1.71. The van der Waals surface area contributed by atoms with E-state index in [1.54, 1.807) is 0 Å². The summed E-state index contributed by atoms with van der Waals surface area (Å²) in [5.74, 6) is 0.849. The lowest BCUT2D eigenvalue weighted by molar-refractivity contribution is 0.248. The van der Waals surface area contributed by atoms with Crippen LogP contribution < -0.4 is 5.32 Å². The van der Waals surface area contributed by atoms with Gasteiger partial charge in [-0.1, -0.05) is 34.1 Å². The summed E-state index contributed by atoms with van der Waals surface area (Å²) in [7, 11) is 0. The number of hydrogen-bond acceptors (Lipinski definition) is 1. The van der Waals surface area contributed by atoms with Gasteiger partial charge in [0, 0.05) is 12.6 Å². The Morgan fingerprint density at radius 1 is 1.36 bits per heavy atom. The van der Waals surface area contributed by atoms with Crippen LogP contribution in [-0.4, -0.2) is 12.6 Å². The molecule has 1 nitrogen and oxygen atoms in total. The second-order valence-electron chi connectivity index (χ2n) is 5.75. The van der Waals surface area contributed by atoms with Gasteiger partial charge in [0.2, 0.25) is 0 Å². The van der Waals surface area contributed by atoms with Crippen molar-refractivity contribution in [1.29, 1.82) is 0 Å². The minimum absolute atomic E-state index is 0.535. The summed E-state index contributed by atoms with van der Waals surface area (Å²) in [6, 6.07) is 0.861. The molecule has 0 aromatic heterocycles. The lowest BCUT2D eigenvalue weighted by Crippen LogP contribution is -2.33. The lowest BCUT2D eigenvalue weighted by atomic mass is 9.81. The topological polar surface area (TPSA) is 12.0 Å². The fraction of sp³-hybridized carbons (Fsp3) is 1.00. The standard InChI is InChI=1S/C13H27N/c1-5-13(4,9-8-11(2)3)10-14-12-6-7-12/h11-12,14H,5-10H2,1-4H3. The Labute approximate surface area is 89.7 Å². The van der Waals surface area contributed by atoms with E-state index in [4.69, 9.17) is 0 Å². The molecule has 1 aliphatic rings. The van der Waals surface area contributed by atoms with Crippen molar-refractivity contribution < 1.29 is 0 Å². The highest BCUT2D eigenvalue weighted by molar-refractivity contribution is 4.85. The van der Waals surface area contributed by atoms with E-state index < -0.39 is 0 Å². The van der Waals surface area contributed by atoms with Crippen LogP contribution in [0, 0.1) is 11.3 Å². The maximum atomic E-state index is 3.67. The van der Waals surface area contributed by atoms with E-state index >= 15 is 0 Å². The molecule has 1 rings (SSSR count). The first-order valence-electron chi connectivity index (χ1n) is 6.29.